The van der Waals surface area contributed by atoms with Gasteiger partial charge < -0.3 is 5.73 Å². The number of nitrogens with two attached hydrogens (primary N) is 1. The molecule has 24 heavy (non-hydrogen) atoms. The van der Waals surface area contributed by atoms with Crippen LogP contribution in [-0.2, 0) is 19.4 Å². The summed E-state index contributed by atoms with van der Waals surface area (Å²) in [4.78, 5) is 1.25. The third-order valence-electron chi connectivity index (χ3n) is 4.44. The summed E-state index contributed by atoms with van der Waals surface area (Å²) in [5, 5.41) is 5.63. The van der Waals surface area contributed by atoms with Crippen LogP contribution in [0.5, 0.6) is 0 Å². The number of nitrogen functional groups attached to an aromatic ring is 1. The molecule has 1 aromatic carbocycles. The summed E-state index contributed by atoms with van der Waals surface area (Å²) in [6.45, 7) is 4.76. The molecule has 0 atom stereocenters. The number of benzene rings is 1. The van der Waals surface area contributed by atoms with Gasteiger partial charge in [-0.15, -0.1) is 17.3 Å². The lowest BCUT2D eigenvalue weighted by Gasteiger charge is -2.10. The Balaban J connectivity index is 1.71. The smallest absolute Gasteiger partial charge is 0.102 e. The Morgan fingerprint density at radius 1 is 1.25 bits per heavy atom. The Hall–Kier alpha value is -2.51. The number of thiophene rings is 1. The molecule has 0 fully saturated rings. The molecule has 2 aromatic heterocycles. The first-order valence-electron chi connectivity index (χ1n) is 8.12. The van der Waals surface area contributed by atoms with Crippen LogP contribution in [0.4, 0.5) is 5.00 Å². The van der Waals surface area contributed by atoms with Crippen molar-refractivity contribution in [3.8, 4) is 22.3 Å². The van der Waals surface area contributed by atoms with Crippen molar-refractivity contribution < 1.29 is 0 Å². The van der Waals surface area contributed by atoms with Crippen LogP contribution in [0.15, 0.2) is 30.5 Å². The first-order chi connectivity index (χ1) is 11.7. The summed E-state index contributed by atoms with van der Waals surface area (Å²) >= 11 is 1.64. The van der Waals surface area contributed by atoms with Crippen molar-refractivity contribution in [3.63, 3.8) is 0 Å². The molecule has 4 heteroatoms. The highest BCUT2D eigenvalue weighted by molar-refractivity contribution is 7.19. The lowest BCUT2D eigenvalue weighted by Crippen LogP contribution is -2.03. The van der Waals surface area contributed by atoms with Gasteiger partial charge in [-0.05, 0) is 37.8 Å². The fourth-order valence-corrected chi connectivity index (χ4v) is 4.35. The van der Waals surface area contributed by atoms with E-state index in [0.29, 0.717) is 0 Å². The standard InChI is InChI=1S/C20H19N3S/c1-3-4-16-15-9-10-18-17(19(15)24-20(16)21)12-23(22-18)11-14-7-5-13(2)6-8-14/h5-8,12H,9-11,21H2,1-2H3. The van der Waals surface area contributed by atoms with Gasteiger partial charge in [0.15, 0.2) is 0 Å². The number of aryl methyl sites for hydroxylation is 2. The average Bonchev–Trinajstić information content (AvgIpc) is 3.11. The Morgan fingerprint density at radius 2 is 2.04 bits per heavy atom. The van der Waals surface area contributed by atoms with E-state index < -0.39 is 0 Å². The Kier molecular flexibility index (Phi) is 3.66. The number of anilines is 1. The van der Waals surface area contributed by atoms with Crippen molar-refractivity contribution >= 4 is 16.3 Å². The van der Waals surface area contributed by atoms with Gasteiger partial charge in [-0.1, -0.05) is 35.7 Å². The van der Waals surface area contributed by atoms with Gasteiger partial charge in [0.2, 0.25) is 0 Å². The Bertz CT molecular complexity index is 965. The van der Waals surface area contributed by atoms with Crippen molar-refractivity contribution in [2.75, 3.05) is 5.73 Å². The highest BCUT2D eigenvalue weighted by Crippen LogP contribution is 2.43. The highest BCUT2D eigenvalue weighted by Gasteiger charge is 2.25. The van der Waals surface area contributed by atoms with E-state index >= 15 is 0 Å². The second-order valence-electron chi connectivity index (χ2n) is 6.20. The first kappa shape index (κ1) is 15.0. The van der Waals surface area contributed by atoms with Crippen LogP contribution in [0, 0.1) is 18.8 Å². The first-order valence-corrected chi connectivity index (χ1v) is 8.93. The molecular formula is C20H19N3S. The molecule has 120 valence electrons. The summed E-state index contributed by atoms with van der Waals surface area (Å²) in [5.74, 6) is 6.16. The van der Waals surface area contributed by atoms with Gasteiger partial charge in [-0.2, -0.15) is 5.10 Å². The Labute approximate surface area is 146 Å². The SMILES string of the molecule is CC#Cc1c(N)sc2c1CCc1nn(Cc3ccc(C)cc3)cc1-2. The van der Waals surface area contributed by atoms with Crippen molar-refractivity contribution in [3.05, 3.63) is 58.4 Å². The minimum atomic E-state index is 0.797. The third-order valence-corrected chi connectivity index (χ3v) is 5.54. The maximum absolute atomic E-state index is 6.20. The Morgan fingerprint density at radius 3 is 2.79 bits per heavy atom. The maximum atomic E-state index is 6.20. The van der Waals surface area contributed by atoms with Crippen LogP contribution in [0.25, 0.3) is 10.4 Å². The molecule has 0 amide bonds. The molecule has 0 bridgehead atoms. The fourth-order valence-electron chi connectivity index (χ4n) is 3.24. The van der Waals surface area contributed by atoms with E-state index in [-0.39, 0.29) is 0 Å². The van der Waals surface area contributed by atoms with Gasteiger partial charge in [-0.25, -0.2) is 0 Å². The molecule has 0 aliphatic heterocycles. The lowest BCUT2D eigenvalue weighted by atomic mass is 9.94. The van der Waals surface area contributed by atoms with Crippen LogP contribution >= 0.6 is 11.3 Å². The van der Waals surface area contributed by atoms with E-state index in [9.17, 15) is 0 Å². The summed E-state index contributed by atoms with van der Waals surface area (Å²) < 4.78 is 2.05. The number of hydrogen-bond acceptors (Lipinski definition) is 3. The molecular weight excluding hydrogens is 314 g/mol. The van der Waals surface area contributed by atoms with E-state index in [2.05, 4.69) is 49.2 Å². The quantitative estimate of drug-likeness (QED) is 0.720. The summed E-state index contributed by atoms with van der Waals surface area (Å²) in [6, 6.07) is 8.62. The number of fused-ring (bicyclic) bond motifs is 3. The number of nitrogens with zero attached hydrogens (tertiary/aromatic N) is 2. The third kappa shape index (κ3) is 2.51. The summed E-state index contributed by atoms with van der Waals surface area (Å²) in [7, 11) is 0. The molecule has 3 nitrogen and oxygen atoms in total. The molecule has 4 rings (SSSR count). The van der Waals surface area contributed by atoms with Crippen molar-refractivity contribution in [1.82, 2.24) is 9.78 Å². The van der Waals surface area contributed by atoms with E-state index in [1.165, 1.54) is 32.8 Å². The zero-order valence-corrected chi connectivity index (χ0v) is 14.7. The van der Waals surface area contributed by atoms with Crippen molar-refractivity contribution in [2.24, 2.45) is 0 Å². The zero-order chi connectivity index (χ0) is 16.7. The minimum Gasteiger partial charge on any atom is -0.390 e. The molecule has 0 radical (unpaired) electrons. The van der Waals surface area contributed by atoms with Gasteiger partial charge in [0.1, 0.15) is 5.00 Å². The number of hydrogen-bond donors (Lipinski definition) is 1. The van der Waals surface area contributed by atoms with Crippen molar-refractivity contribution in [2.45, 2.75) is 33.2 Å². The van der Waals surface area contributed by atoms with Crippen LogP contribution in [0.1, 0.15) is 34.9 Å². The van der Waals surface area contributed by atoms with Crippen LogP contribution in [0.3, 0.4) is 0 Å². The van der Waals surface area contributed by atoms with Gasteiger partial charge in [0.25, 0.3) is 0 Å². The average molecular weight is 333 g/mol. The molecule has 0 unspecified atom stereocenters. The largest absolute Gasteiger partial charge is 0.390 e. The maximum Gasteiger partial charge on any atom is 0.102 e. The minimum absolute atomic E-state index is 0.797. The van der Waals surface area contributed by atoms with Gasteiger partial charge in [0.05, 0.1) is 17.8 Å². The predicted molar refractivity (Wildman–Crippen MR) is 100 cm³/mol. The fraction of sp³-hybridized carbons (Fsp3) is 0.250. The van der Waals surface area contributed by atoms with E-state index in [1.54, 1.807) is 11.3 Å². The summed E-state index contributed by atoms with van der Waals surface area (Å²) in [5.41, 5.74) is 13.5. The second-order valence-corrected chi connectivity index (χ2v) is 7.25. The zero-order valence-electron chi connectivity index (χ0n) is 13.9. The molecule has 1 aliphatic rings. The normalized spacial score (nSPS) is 12.2. The molecule has 0 saturated carbocycles. The van der Waals surface area contributed by atoms with Gasteiger partial charge >= 0.3 is 0 Å². The molecule has 3 aromatic rings. The van der Waals surface area contributed by atoms with Crippen LogP contribution < -0.4 is 5.73 Å². The molecule has 1 aliphatic carbocycles. The monoisotopic (exact) mass is 333 g/mol. The van der Waals surface area contributed by atoms with Crippen LogP contribution in [-0.4, -0.2) is 9.78 Å². The molecule has 2 N–H and O–H groups in total. The highest BCUT2D eigenvalue weighted by atomic mass is 32.1. The van der Waals surface area contributed by atoms with Crippen molar-refractivity contribution in [1.29, 1.82) is 0 Å². The second kappa shape index (κ2) is 5.85. The lowest BCUT2D eigenvalue weighted by molar-refractivity contribution is 0.669. The molecule has 0 spiro atoms. The van der Waals surface area contributed by atoms with Crippen LogP contribution in [0.2, 0.25) is 0 Å². The van der Waals surface area contributed by atoms with E-state index in [0.717, 1.165) is 30.0 Å². The van der Waals surface area contributed by atoms with E-state index in [1.807, 2.05) is 11.6 Å². The molecule has 2 heterocycles. The topological polar surface area (TPSA) is 43.8 Å². The van der Waals surface area contributed by atoms with Gasteiger partial charge in [-0.3, -0.25) is 4.68 Å². The predicted octanol–water partition coefficient (Wildman–Crippen LogP) is 4.02. The van der Waals surface area contributed by atoms with E-state index in [4.69, 9.17) is 10.8 Å². The number of rotatable bonds is 2. The summed E-state index contributed by atoms with van der Waals surface area (Å²) in [6.07, 6.45) is 4.09. The number of aromatic nitrogens is 2. The van der Waals surface area contributed by atoms with Gasteiger partial charge in [0, 0.05) is 16.6 Å². The molecule has 0 saturated heterocycles.